The van der Waals surface area contributed by atoms with E-state index in [1.807, 2.05) is 55.9 Å². The molecule has 0 atom stereocenters. The maximum atomic E-state index is 12.2. The molecule has 150 valence electrons. The number of likely N-dealkylation sites (tertiary alicyclic amines) is 1. The van der Waals surface area contributed by atoms with Gasteiger partial charge in [0.15, 0.2) is 0 Å². The number of carboxylic acid groups (broad SMARTS) is 1. The van der Waals surface area contributed by atoms with E-state index in [9.17, 15) is 9.59 Å². The first-order valence-corrected chi connectivity index (χ1v) is 9.54. The van der Waals surface area contributed by atoms with Gasteiger partial charge < -0.3 is 14.7 Å². The Hall–Kier alpha value is -2.83. The van der Waals surface area contributed by atoms with Crippen molar-refractivity contribution in [2.45, 2.75) is 51.7 Å². The van der Waals surface area contributed by atoms with Crippen LogP contribution in [-0.4, -0.2) is 50.5 Å². The quantitative estimate of drug-likeness (QED) is 0.866. The number of hydrogen-bond acceptors (Lipinski definition) is 4. The van der Waals surface area contributed by atoms with Crippen LogP contribution < -0.4 is 0 Å². The lowest BCUT2D eigenvalue weighted by atomic mass is 10.0. The third kappa shape index (κ3) is 5.12. The van der Waals surface area contributed by atoms with Crippen molar-refractivity contribution in [1.82, 2.24) is 14.7 Å². The molecule has 7 nitrogen and oxygen atoms in total. The summed E-state index contributed by atoms with van der Waals surface area (Å²) in [5.74, 6) is -0.843. The van der Waals surface area contributed by atoms with E-state index < -0.39 is 11.6 Å². The van der Waals surface area contributed by atoms with Gasteiger partial charge in [-0.3, -0.25) is 9.48 Å². The predicted octanol–water partition coefficient (Wildman–Crippen LogP) is 3.75. The first-order chi connectivity index (χ1) is 13.2. The van der Waals surface area contributed by atoms with Crippen molar-refractivity contribution in [2.75, 3.05) is 13.1 Å². The lowest BCUT2D eigenvalue weighted by Crippen LogP contribution is -2.42. The molecule has 7 heteroatoms. The summed E-state index contributed by atoms with van der Waals surface area (Å²) in [5, 5.41) is 13.5. The molecule has 0 spiro atoms. The van der Waals surface area contributed by atoms with Gasteiger partial charge in [0, 0.05) is 24.8 Å². The van der Waals surface area contributed by atoms with Gasteiger partial charge in [0.25, 0.3) is 0 Å². The summed E-state index contributed by atoms with van der Waals surface area (Å²) in [4.78, 5) is 24.9. The number of hydrogen-bond donors (Lipinski definition) is 1. The molecule has 0 bridgehead atoms. The number of aliphatic carboxylic acids is 1. The summed E-state index contributed by atoms with van der Waals surface area (Å²) in [6.45, 7) is 6.89. The van der Waals surface area contributed by atoms with E-state index in [0.717, 1.165) is 29.5 Å². The van der Waals surface area contributed by atoms with Crippen LogP contribution in [0.3, 0.4) is 0 Å². The molecule has 1 N–H and O–H groups in total. The summed E-state index contributed by atoms with van der Waals surface area (Å²) < 4.78 is 7.39. The van der Waals surface area contributed by atoms with Gasteiger partial charge in [-0.1, -0.05) is 24.3 Å². The third-order valence-corrected chi connectivity index (χ3v) is 4.71. The standard InChI is InChI=1S/C21H27N3O4/c1-21(2,3)28-20(27)23-9-7-18(8-10-23)24-14-17(13-22-24)16-6-4-5-15(11-16)12-19(25)26/h4-6,11,13-14,18H,7-10,12H2,1-3H3,(H,25,26). The van der Waals surface area contributed by atoms with Crippen molar-refractivity contribution in [3.8, 4) is 11.1 Å². The molecular weight excluding hydrogens is 358 g/mol. The first-order valence-electron chi connectivity index (χ1n) is 9.54. The molecule has 1 amide bonds. The molecule has 1 fully saturated rings. The van der Waals surface area contributed by atoms with Crippen LogP contribution in [0.4, 0.5) is 4.79 Å². The van der Waals surface area contributed by atoms with Crippen LogP contribution in [0.5, 0.6) is 0 Å². The summed E-state index contributed by atoms with van der Waals surface area (Å²) >= 11 is 0. The van der Waals surface area contributed by atoms with Gasteiger partial charge >= 0.3 is 12.1 Å². The number of carbonyl (C=O) groups excluding carboxylic acids is 1. The Labute approximate surface area is 164 Å². The third-order valence-electron chi connectivity index (χ3n) is 4.71. The number of amides is 1. The van der Waals surface area contributed by atoms with E-state index in [1.165, 1.54) is 0 Å². The molecule has 28 heavy (non-hydrogen) atoms. The normalized spacial score (nSPS) is 15.5. The van der Waals surface area contributed by atoms with Crippen molar-refractivity contribution in [3.05, 3.63) is 42.2 Å². The highest BCUT2D eigenvalue weighted by Crippen LogP contribution is 2.26. The summed E-state index contributed by atoms with van der Waals surface area (Å²) in [5.41, 5.74) is 2.20. The second-order valence-corrected chi connectivity index (χ2v) is 8.18. The van der Waals surface area contributed by atoms with Crippen molar-refractivity contribution >= 4 is 12.1 Å². The van der Waals surface area contributed by atoms with Gasteiger partial charge in [-0.2, -0.15) is 5.10 Å². The first kappa shape index (κ1) is 19.9. The second kappa shape index (κ2) is 8.04. The smallest absolute Gasteiger partial charge is 0.410 e. The highest BCUT2D eigenvalue weighted by molar-refractivity contribution is 5.72. The predicted molar refractivity (Wildman–Crippen MR) is 105 cm³/mol. The van der Waals surface area contributed by atoms with Crippen molar-refractivity contribution in [2.24, 2.45) is 0 Å². The Morgan fingerprint density at radius 1 is 1.21 bits per heavy atom. The van der Waals surface area contributed by atoms with Crippen LogP contribution in [0, 0.1) is 0 Å². The maximum absolute atomic E-state index is 12.2. The highest BCUT2D eigenvalue weighted by Gasteiger charge is 2.27. The Bertz CT molecular complexity index is 845. The number of aromatic nitrogens is 2. The molecule has 3 rings (SSSR count). The number of piperidine rings is 1. The second-order valence-electron chi connectivity index (χ2n) is 8.18. The van der Waals surface area contributed by atoms with Crippen molar-refractivity contribution < 1.29 is 19.4 Å². The minimum Gasteiger partial charge on any atom is -0.481 e. The molecule has 0 saturated carbocycles. The van der Waals surface area contributed by atoms with E-state index in [2.05, 4.69) is 5.10 Å². The average Bonchev–Trinajstić information content (AvgIpc) is 3.10. The number of carboxylic acids is 1. The van der Waals surface area contributed by atoms with Gasteiger partial charge in [-0.05, 0) is 44.7 Å². The van der Waals surface area contributed by atoms with Gasteiger partial charge in [-0.25, -0.2) is 4.79 Å². The molecule has 1 saturated heterocycles. The molecule has 0 aliphatic carbocycles. The van der Waals surface area contributed by atoms with E-state index in [-0.39, 0.29) is 18.6 Å². The molecular formula is C21H27N3O4. The minimum absolute atomic E-state index is 0.00506. The SMILES string of the molecule is CC(C)(C)OC(=O)N1CCC(n2cc(-c3cccc(CC(=O)O)c3)cn2)CC1. The average molecular weight is 385 g/mol. The number of carbonyl (C=O) groups is 2. The topological polar surface area (TPSA) is 84.7 Å². The van der Waals surface area contributed by atoms with E-state index in [1.54, 1.807) is 11.1 Å². The van der Waals surface area contributed by atoms with E-state index in [0.29, 0.717) is 13.1 Å². The Morgan fingerprint density at radius 2 is 1.93 bits per heavy atom. The van der Waals surface area contributed by atoms with Gasteiger partial charge in [0.2, 0.25) is 0 Å². The summed E-state index contributed by atoms with van der Waals surface area (Å²) in [6.07, 6.45) is 5.18. The van der Waals surface area contributed by atoms with Gasteiger partial charge in [0.1, 0.15) is 5.60 Å². The number of nitrogens with zero attached hydrogens (tertiary/aromatic N) is 3. The van der Waals surface area contributed by atoms with Crippen LogP contribution in [0.25, 0.3) is 11.1 Å². The summed E-state index contributed by atoms with van der Waals surface area (Å²) in [6, 6.07) is 7.76. The Balaban J connectivity index is 1.63. The maximum Gasteiger partial charge on any atom is 0.410 e. The van der Waals surface area contributed by atoms with Crippen LogP contribution >= 0.6 is 0 Å². The van der Waals surface area contributed by atoms with E-state index in [4.69, 9.17) is 9.84 Å². The molecule has 0 unspecified atom stereocenters. The Morgan fingerprint density at radius 3 is 2.57 bits per heavy atom. The largest absolute Gasteiger partial charge is 0.481 e. The van der Waals surface area contributed by atoms with Crippen molar-refractivity contribution in [1.29, 1.82) is 0 Å². The van der Waals surface area contributed by atoms with Crippen LogP contribution in [-0.2, 0) is 16.0 Å². The zero-order valence-electron chi connectivity index (χ0n) is 16.6. The zero-order chi connectivity index (χ0) is 20.3. The number of benzene rings is 1. The van der Waals surface area contributed by atoms with Crippen LogP contribution in [0.2, 0.25) is 0 Å². The molecule has 1 aliphatic rings. The molecule has 1 aromatic heterocycles. The monoisotopic (exact) mass is 385 g/mol. The van der Waals surface area contributed by atoms with Gasteiger partial charge in [-0.15, -0.1) is 0 Å². The fraction of sp³-hybridized carbons (Fsp3) is 0.476. The molecule has 1 aliphatic heterocycles. The molecule has 1 aromatic carbocycles. The lowest BCUT2D eigenvalue weighted by Gasteiger charge is -2.33. The van der Waals surface area contributed by atoms with Crippen LogP contribution in [0.1, 0.15) is 45.2 Å². The number of rotatable bonds is 4. The Kier molecular flexibility index (Phi) is 5.72. The summed E-state index contributed by atoms with van der Waals surface area (Å²) in [7, 11) is 0. The zero-order valence-corrected chi connectivity index (χ0v) is 16.6. The van der Waals surface area contributed by atoms with Gasteiger partial charge in [0.05, 0.1) is 18.7 Å². The van der Waals surface area contributed by atoms with Crippen LogP contribution in [0.15, 0.2) is 36.7 Å². The fourth-order valence-electron chi connectivity index (χ4n) is 3.36. The highest BCUT2D eigenvalue weighted by atomic mass is 16.6. The number of ether oxygens (including phenoxy) is 1. The minimum atomic E-state index is -0.843. The molecule has 0 radical (unpaired) electrons. The van der Waals surface area contributed by atoms with Crippen molar-refractivity contribution in [3.63, 3.8) is 0 Å². The lowest BCUT2D eigenvalue weighted by molar-refractivity contribution is -0.136. The van der Waals surface area contributed by atoms with E-state index >= 15 is 0 Å². The fourth-order valence-corrected chi connectivity index (χ4v) is 3.36. The molecule has 2 aromatic rings. The molecule has 2 heterocycles.